The molecule has 4 rings (SSSR count). The number of aryl methyl sites for hydroxylation is 1. The molecule has 1 aliphatic carbocycles. The van der Waals surface area contributed by atoms with Crippen molar-refractivity contribution in [3.05, 3.63) is 23.7 Å². The highest BCUT2D eigenvalue weighted by Crippen LogP contribution is 2.39. The molecule has 0 unspecified atom stereocenters. The first-order chi connectivity index (χ1) is 15.0. The average molecular weight is 428 g/mol. The summed E-state index contributed by atoms with van der Waals surface area (Å²) in [6.45, 7) is 3.45. The number of hydrogen-bond acceptors (Lipinski definition) is 7. The van der Waals surface area contributed by atoms with Crippen LogP contribution in [0.5, 0.6) is 0 Å². The lowest BCUT2D eigenvalue weighted by atomic mass is 9.79. The SMILES string of the molecule is Cc1cc(-c2cnc(N(C)C)nc2C2CCC(CNC(=O)C[C@@H]3CCCO3)CC2)on1. The smallest absolute Gasteiger partial charge is 0.225 e. The summed E-state index contributed by atoms with van der Waals surface area (Å²) in [5, 5.41) is 7.16. The van der Waals surface area contributed by atoms with Gasteiger partial charge in [0.05, 0.1) is 29.5 Å². The lowest BCUT2D eigenvalue weighted by Crippen LogP contribution is -2.33. The molecule has 0 bridgehead atoms. The lowest BCUT2D eigenvalue weighted by molar-refractivity contribution is -0.123. The van der Waals surface area contributed by atoms with Crippen molar-refractivity contribution in [2.45, 2.75) is 63.9 Å². The van der Waals surface area contributed by atoms with Crippen molar-refractivity contribution in [1.82, 2.24) is 20.4 Å². The molecule has 1 amide bonds. The summed E-state index contributed by atoms with van der Waals surface area (Å²) in [7, 11) is 3.90. The number of carbonyl (C=O) groups excluding carboxylic acids is 1. The lowest BCUT2D eigenvalue weighted by Gasteiger charge is -2.29. The minimum absolute atomic E-state index is 0.109. The normalized spacial score (nSPS) is 23.6. The van der Waals surface area contributed by atoms with Gasteiger partial charge in [-0.2, -0.15) is 0 Å². The number of ether oxygens (including phenoxy) is 1. The van der Waals surface area contributed by atoms with Gasteiger partial charge in [-0.15, -0.1) is 0 Å². The van der Waals surface area contributed by atoms with Crippen molar-refractivity contribution in [3.63, 3.8) is 0 Å². The number of amides is 1. The van der Waals surface area contributed by atoms with Gasteiger partial charge in [0.15, 0.2) is 5.76 Å². The van der Waals surface area contributed by atoms with E-state index in [2.05, 4.69) is 15.5 Å². The molecule has 8 heteroatoms. The van der Waals surface area contributed by atoms with Gasteiger partial charge in [-0.05, 0) is 51.4 Å². The van der Waals surface area contributed by atoms with Gasteiger partial charge >= 0.3 is 0 Å². The summed E-state index contributed by atoms with van der Waals surface area (Å²) >= 11 is 0. The summed E-state index contributed by atoms with van der Waals surface area (Å²) < 4.78 is 11.1. The number of aromatic nitrogens is 3. The molecule has 3 heterocycles. The van der Waals surface area contributed by atoms with E-state index in [1.54, 1.807) is 0 Å². The zero-order valence-corrected chi connectivity index (χ0v) is 18.8. The summed E-state index contributed by atoms with van der Waals surface area (Å²) in [5.74, 6) is 2.40. The predicted octanol–water partition coefficient (Wildman–Crippen LogP) is 3.47. The van der Waals surface area contributed by atoms with Crippen LogP contribution in [0.3, 0.4) is 0 Å². The molecule has 0 aromatic carbocycles. The number of hydrogen-bond donors (Lipinski definition) is 1. The Hall–Kier alpha value is -2.48. The van der Waals surface area contributed by atoms with Gasteiger partial charge in [-0.1, -0.05) is 5.16 Å². The molecule has 2 aromatic rings. The molecule has 2 aromatic heterocycles. The molecule has 2 fully saturated rings. The number of nitrogens with one attached hydrogen (secondary N) is 1. The van der Waals surface area contributed by atoms with E-state index in [0.717, 1.165) is 74.4 Å². The van der Waals surface area contributed by atoms with E-state index >= 15 is 0 Å². The van der Waals surface area contributed by atoms with Crippen molar-refractivity contribution < 1.29 is 14.1 Å². The highest BCUT2D eigenvalue weighted by atomic mass is 16.5. The summed E-state index contributed by atoms with van der Waals surface area (Å²) in [6.07, 6.45) is 8.74. The first-order valence-corrected chi connectivity index (χ1v) is 11.4. The largest absolute Gasteiger partial charge is 0.378 e. The molecule has 1 saturated carbocycles. The molecule has 31 heavy (non-hydrogen) atoms. The Morgan fingerprint density at radius 3 is 2.68 bits per heavy atom. The second kappa shape index (κ2) is 9.77. The van der Waals surface area contributed by atoms with Crippen LogP contribution >= 0.6 is 0 Å². The first-order valence-electron chi connectivity index (χ1n) is 11.4. The maximum atomic E-state index is 12.2. The monoisotopic (exact) mass is 427 g/mol. The summed E-state index contributed by atoms with van der Waals surface area (Å²) in [6, 6.07) is 1.94. The second-order valence-electron chi connectivity index (χ2n) is 9.06. The summed E-state index contributed by atoms with van der Waals surface area (Å²) in [4.78, 5) is 23.5. The van der Waals surface area contributed by atoms with Crippen LogP contribution in [0.1, 0.15) is 62.3 Å². The van der Waals surface area contributed by atoms with E-state index in [9.17, 15) is 4.79 Å². The van der Waals surface area contributed by atoms with Crippen LogP contribution in [0, 0.1) is 12.8 Å². The molecular weight excluding hydrogens is 394 g/mol. The predicted molar refractivity (Wildman–Crippen MR) is 118 cm³/mol. The van der Waals surface area contributed by atoms with E-state index in [0.29, 0.717) is 24.2 Å². The van der Waals surface area contributed by atoms with Gasteiger partial charge in [-0.25, -0.2) is 9.97 Å². The standard InChI is InChI=1S/C23H33N5O3/c1-15-11-20(31-27-15)19-14-25-23(28(2)3)26-22(19)17-8-6-16(7-9-17)13-24-21(29)12-18-5-4-10-30-18/h11,14,16-18H,4-10,12-13H2,1-3H3,(H,24,29)/t16?,17?,18-/m0/s1. The fourth-order valence-electron chi connectivity index (χ4n) is 4.57. The van der Waals surface area contributed by atoms with Gasteiger partial charge in [0.25, 0.3) is 0 Å². The zero-order valence-electron chi connectivity index (χ0n) is 18.8. The van der Waals surface area contributed by atoms with Crippen LogP contribution in [-0.2, 0) is 9.53 Å². The van der Waals surface area contributed by atoms with Crippen molar-refractivity contribution in [3.8, 4) is 11.3 Å². The topological polar surface area (TPSA) is 93.4 Å². The van der Waals surface area contributed by atoms with E-state index in [1.807, 2.05) is 38.2 Å². The fourth-order valence-corrected chi connectivity index (χ4v) is 4.57. The fraction of sp³-hybridized carbons (Fsp3) is 0.652. The number of anilines is 1. The minimum atomic E-state index is 0.109. The Morgan fingerprint density at radius 1 is 1.23 bits per heavy atom. The molecule has 1 saturated heterocycles. The van der Waals surface area contributed by atoms with Gasteiger partial charge in [0, 0.05) is 45.4 Å². The van der Waals surface area contributed by atoms with Gasteiger partial charge in [0.2, 0.25) is 11.9 Å². The van der Waals surface area contributed by atoms with Gasteiger partial charge in [-0.3, -0.25) is 4.79 Å². The molecule has 0 radical (unpaired) electrons. The Bertz CT molecular complexity index is 883. The third-order valence-corrected chi connectivity index (χ3v) is 6.36. The Morgan fingerprint density at radius 2 is 2.03 bits per heavy atom. The molecule has 1 aliphatic heterocycles. The minimum Gasteiger partial charge on any atom is -0.378 e. The molecule has 2 aliphatic rings. The van der Waals surface area contributed by atoms with E-state index < -0.39 is 0 Å². The second-order valence-corrected chi connectivity index (χ2v) is 9.06. The molecule has 1 N–H and O–H groups in total. The van der Waals surface area contributed by atoms with Crippen LogP contribution in [0.15, 0.2) is 16.8 Å². The maximum Gasteiger partial charge on any atom is 0.225 e. The van der Waals surface area contributed by atoms with Crippen LogP contribution in [-0.4, -0.2) is 54.4 Å². The van der Waals surface area contributed by atoms with Crippen LogP contribution in [0.4, 0.5) is 5.95 Å². The number of carbonyl (C=O) groups is 1. The quantitative estimate of drug-likeness (QED) is 0.723. The van der Waals surface area contributed by atoms with E-state index in [4.69, 9.17) is 14.2 Å². The third-order valence-electron chi connectivity index (χ3n) is 6.36. The molecule has 168 valence electrons. The highest BCUT2D eigenvalue weighted by Gasteiger charge is 2.28. The molecule has 1 atom stereocenters. The number of nitrogens with zero attached hydrogens (tertiary/aromatic N) is 4. The van der Waals surface area contributed by atoms with E-state index in [1.165, 1.54) is 0 Å². The Balaban J connectivity index is 1.37. The van der Waals surface area contributed by atoms with Crippen molar-refractivity contribution in [1.29, 1.82) is 0 Å². The Kier molecular flexibility index (Phi) is 6.85. The van der Waals surface area contributed by atoms with Crippen molar-refractivity contribution >= 4 is 11.9 Å². The van der Waals surface area contributed by atoms with E-state index in [-0.39, 0.29) is 12.0 Å². The molecule has 0 spiro atoms. The highest BCUT2D eigenvalue weighted by molar-refractivity contribution is 5.76. The maximum absolute atomic E-state index is 12.2. The molecule has 8 nitrogen and oxygen atoms in total. The van der Waals surface area contributed by atoms with Gasteiger partial charge in [0.1, 0.15) is 0 Å². The zero-order chi connectivity index (χ0) is 21.8. The van der Waals surface area contributed by atoms with Gasteiger partial charge < -0.3 is 19.5 Å². The number of rotatable bonds is 7. The Labute approximate surface area is 183 Å². The van der Waals surface area contributed by atoms with Crippen molar-refractivity contribution in [2.75, 3.05) is 32.1 Å². The summed E-state index contributed by atoms with van der Waals surface area (Å²) in [5.41, 5.74) is 2.82. The van der Waals surface area contributed by atoms with Crippen LogP contribution in [0.25, 0.3) is 11.3 Å². The average Bonchev–Trinajstić information content (AvgIpc) is 3.44. The third kappa shape index (κ3) is 5.42. The van der Waals surface area contributed by atoms with Crippen molar-refractivity contribution in [2.24, 2.45) is 5.92 Å². The van der Waals surface area contributed by atoms with Crippen LogP contribution < -0.4 is 10.2 Å². The first kappa shape index (κ1) is 21.7. The molecular formula is C23H33N5O3. The van der Waals surface area contributed by atoms with Crippen LogP contribution in [0.2, 0.25) is 0 Å².